The molecule has 2 N–H and O–H groups in total. The molecular weight excluding hydrogens is 320 g/mol. The molecule has 5 heteroatoms. The summed E-state index contributed by atoms with van der Waals surface area (Å²) in [6.07, 6.45) is 4.96. The van der Waals surface area contributed by atoms with Crippen molar-refractivity contribution in [3.8, 4) is 0 Å². The van der Waals surface area contributed by atoms with Gasteiger partial charge in [-0.05, 0) is 47.7 Å². The Labute approximate surface area is 119 Å². The molecule has 2 atom stereocenters. The molecule has 2 saturated heterocycles. The fraction of sp³-hybridized carbons (Fsp3) is 0.667. The molecule has 2 bridgehead atoms. The van der Waals surface area contributed by atoms with Gasteiger partial charge in [0.1, 0.15) is 4.34 Å². The minimum absolute atomic E-state index is 0.419. The average molecular weight is 336 g/mol. The van der Waals surface area contributed by atoms with E-state index in [0.717, 1.165) is 28.2 Å². The molecule has 1 aromatic heterocycles. The molecule has 3 heterocycles. The third-order valence-corrected chi connectivity index (χ3v) is 6.41. The second-order valence-electron chi connectivity index (χ2n) is 5.12. The fourth-order valence-electron chi connectivity index (χ4n) is 3.22. The van der Waals surface area contributed by atoms with Crippen LogP contribution < -0.4 is 5.73 Å². The van der Waals surface area contributed by atoms with Gasteiger partial charge in [-0.15, -0.1) is 11.3 Å². The summed E-state index contributed by atoms with van der Waals surface area (Å²) in [7, 11) is 0. The number of hydrogen-bond donors (Lipinski definition) is 1. The van der Waals surface area contributed by atoms with Crippen LogP contribution in [0.3, 0.4) is 0 Å². The zero-order chi connectivity index (χ0) is 12.0. The van der Waals surface area contributed by atoms with E-state index in [2.05, 4.69) is 26.9 Å². The van der Waals surface area contributed by atoms with E-state index in [9.17, 15) is 0 Å². The molecular formula is C12H16BrClN2S. The summed E-state index contributed by atoms with van der Waals surface area (Å²) in [5, 5.41) is 0. The van der Waals surface area contributed by atoms with Gasteiger partial charge in [-0.25, -0.2) is 0 Å². The first-order valence-corrected chi connectivity index (χ1v) is 8.07. The monoisotopic (exact) mass is 334 g/mol. The van der Waals surface area contributed by atoms with E-state index in [1.54, 1.807) is 11.3 Å². The Balaban J connectivity index is 1.74. The second-order valence-corrected chi connectivity index (χ2v) is 7.72. The lowest BCUT2D eigenvalue weighted by molar-refractivity contribution is 0.121. The Hall–Kier alpha value is 0.390. The van der Waals surface area contributed by atoms with Gasteiger partial charge in [0.2, 0.25) is 0 Å². The van der Waals surface area contributed by atoms with Gasteiger partial charge in [-0.1, -0.05) is 11.6 Å². The van der Waals surface area contributed by atoms with Crippen molar-refractivity contribution in [2.75, 3.05) is 0 Å². The Bertz CT molecular complexity index is 389. The molecule has 17 heavy (non-hydrogen) atoms. The van der Waals surface area contributed by atoms with Crippen LogP contribution in [0.4, 0.5) is 0 Å². The summed E-state index contributed by atoms with van der Waals surface area (Å²) in [6, 6.07) is 3.97. The Morgan fingerprint density at radius 3 is 2.59 bits per heavy atom. The molecule has 0 radical (unpaired) electrons. The van der Waals surface area contributed by atoms with Crippen LogP contribution in [0, 0.1) is 0 Å². The predicted molar refractivity (Wildman–Crippen MR) is 76.6 cm³/mol. The van der Waals surface area contributed by atoms with E-state index in [1.165, 1.54) is 17.7 Å². The maximum Gasteiger partial charge on any atom is 0.107 e. The maximum atomic E-state index is 6.09. The third-order valence-electron chi connectivity index (χ3n) is 3.96. The summed E-state index contributed by atoms with van der Waals surface area (Å²) in [4.78, 5) is 3.99. The van der Waals surface area contributed by atoms with Gasteiger partial charge in [0.25, 0.3) is 0 Å². The highest BCUT2D eigenvalue weighted by Gasteiger charge is 2.39. The fourth-order valence-corrected chi connectivity index (χ4v) is 5.02. The molecule has 94 valence electrons. The summed E-state index contributed by atoms with van der Waals surface area (Å²) in [5.41, 5.74) is 6.09. The van der Waals surface area contributed by atoms with Gasteiger partial charge in [0, 0.05) is 34.0 Å². The minimum Gasteiger partial charge on any atom is -0.328 e. The molecule has 1 aromatic rings. The van der Waals surface area contributed by atoms with E-state index in [-0.39, 0.29) is 0 Å². The predicted octanol–water partition coefficient (Wildman–Crippen LogP) is 3.62. The summed E-state index contributed by atoms with van der Waals surface area (Å²) in [5.74, 6) is 0. The number of nitrogens with zero attached hydrogens (tertiary/aromatic N) is 1. The van der Waals surface area contributed by atoms with Crippen molar-refractivity contribution in [1.29, 1.82) is 0 Å². The molecule has 0 saturated carbocycles. The number of hydrogen-bond acceptors (Lipinski definition) is 3. The summed E-state index contributed by atoms with van der Waals surface area (Å²) >= 11 is 11.3. The van der Waals surface area contributed by atoms with Gasteiger partial charge in [-0.2, -0.15) is 0 Å². The van der Waals surface area contributed by atoms with Crippen LogP contribution in [0.15, 0.2) is 10.5 Å². The van der Waals surface area contributed by atoms with E-state index < -0.39 is 0 Å². The topological polar surface area (TPSA) is 29.3 Å². The highest BCUT2D eigenvalue weighted by Crippen LogP contribution is 2.39. The van der Waals surface area contributed by atoms with Crippen molar-refractivity contribution in [2.24, 2.45) is 5.73 Å². The largest absolute Gasteiger partial charge is 0.328 e. The lowest BCUT2D eigenvalue weighted by atomic mass is 9.98. The van der Waals surface area contributed by atoms with E-state index >= 15 is 0 Å². The number of nitrogens with two attached hydrogens (primary N) is 1. The molecule has 2 aliphatic heterocycles. The van der Waals surface area contributed by atoms with Gasteiger partial charge in [-0.3, -0.25) is 4.90 Å². The Kier molecular flexibility index (Phi) is 3.52. The lowest BCUT2D eigenvalue weighted by Crippen LogP contribution is -2.46. The number of fused-ring (bicyclic) bond motifs is 2. The standard InChI is InChI=1S/C12H16BrClN2S/c13-11-5-10(17-12(11)14)6-16-8-1-2-9(16)4-7(15)3-8/h5,7-9H,1-4,6,15H2. The highest BCUT2D eigenvalue weighted by molar-refractivity contribution is 9.10. The van der Waals surface area contributed by atoms with Gasteiger partial charge in [0.05, 0.1) is 0 Å². The van der Waals surface area contributed by atoms with E-state index in [1.807, 2.05) is 0 Å². The first kappa shape index (κ1) is 12.4. The molecule has 0 aromatic carbocycles. The number of piperidine rings is 1. The number of halogens is 2. The van der Waals surface area contributed by atoms with Crippen LogP contribution in [0.1, 0.15) is 30.6 Å². The van der Waals surface area contributed by atoms with Crippen molar-refractivity contribution in [2.45, 2.75) is 50.4 Å². The summed E-state index contributed by atoms with van der Waals surface area (Å²) in [6.45, 7) is 1.04. The van der Waals surface area contributed by atoms with Crippen LogP contribution in [0.5, 0.6) is 0 Å². The quantitative estimate of drug-likeness (QED) is 0.894. The number of thiophene rings is 1. The maximum absolute atomic E-state index is 6.09. The van der Waals surface area contributed by atoms with Crippen LogP contribution in [0.25, 0.3) is 0 Å². The van der Waals surface area contributed by atoms with Crippen LogP contribution in [0.2, 0.25) is 4.34 Å². The van der Waals surface area contributed by atoms with E-state index in [4.69, 9.17) is 17.3 Å². The van der Waals surface area contributed by atoms with Crippen molar-refractivity contribution in [3.63, 3.8) is 0 Å². The molecule has 2 aliphatic rings. The smallest absolute Gasteiger partial charge is 0.107 e. The first-order valence-electron chi connectivity index (χ1n) is 6.08. The molecule has 2 unspecified atom stereocenters. The lowest BCUT2D eigenvalue weighted by Gasteiger charge is -2.37. The van der Waals surface area contributed by atoms with Crippen molar-refractivity contribution in [1.82, 2.24) is 4.90 Å². The molecule has 0 aliphatic carbocycles. The van der Waals surface area contributed by atoms with Gasteiger partial charge < -0.3 is 5.73 Å². The zero-order valence-corrected chi connectivity index (χ0v) is 12.7. The Morgan fingerprint density at radius 2 is 2.06 bits per heavy atom. The van der Waals surface area contributed by atoms with Crippen molar-refractivity contribution in [3.05, 3.63) is 19.8 Å². The molecule has 3 rings (SSSR count). The Morgan fingerprint density at radius 1 is 1.41 bits per heavy atom. The summed E-state index contributed by atoms with van der Waals surface area (Å²) < 4.78 is 1.89. The normalized spacial score (nSPS) is 33.2. The van der Waals surface area contributed by atoms with Crippen molar-refractivity contribution >= 4 is 38.9 Å². The minimum atomic E-state index is 0.419. The molecule has 2 nitrogen and oxygen atoms in total. The van der Waals surface area contributed by atoms with E-state index in [0.29, 0.717) is 18.1 Å². The third kappa shape index (κ3) is 2.43. The number of rotatable bonds is 2. The second kappa shape index (κ2) is 4.82. The molecule has 0 spiro atoms. The molecule has 0 amide bonds. The zero-order valence-electron chi connectivity index (χ0n) is 9.53. The van der Waals surface area contributed by atoms with Gasteiger partial charge >= 0.3 is 0 Å². The van der Waals surface area contributed by atoms with Crippen LogP contribution >= 0.6 is 38.9 Å². The van der Waals surface area contributed by atoms with Gasteiger partial charge in [0.15, 0.2) is 0 Å². The van der Waals surface area contributed by atoms with Crippen LogP contribution in [-0.4, -0.2) is 23.0 Å². The first-order chi connectivity index (χ1) is 8.13. The van der Waals surface area contributed by atoms with Crippen LogP contribution in [-0.2, 0) is 6.54 Å². The highest BCUT2D eigenvalue weighted by atomic mass is 79.9. The SMILES string of the molecule is NC1CC2CCC(C1)N2Cc1cc(Br)c(Cl)s1. The molecule has 2 fully saturated rings. The average Bonchev–Trinajstić information content (AvgIpc) is 2.70. The van der Waals surface area contributed by atoms with Crippen molar-refractivity contribution < 1.29 is 0 Å².